The Morgan fingerprint density at radius 1 is 0.805 bits per heavy atom. The predicted octanol–water partition coefficient (Wildman–Crippen LogP) is 6.36. The van der Waals surface area contributed by atoms with Crippen LogP contribution in [0.1, 0.15) is 47.9 Å². The van der Waals surface area contributed by atoms with Crippen molar-refractivity contribution in [3.05, 3.63) is 138 Å². The quantitative estimate of drug-likeness (QED) is 0.267. The fraction of sp³-hybridized carbons (Fsp3) is 0.278. The van der Waals surface area contributed by atoms with E-state index >= 15 is 0 Å². The molecule has 0 aromatic heterocycles. The maximum absolute atomic E-state index is 14.7. The van der Waals surface area contributed by atoms with E-state index in [1.807, 2.05) is 102 Å². The lowest BCUT2D eigenvalue weighted by Gasteiger charge is -2.45. The minimum Gasteiger partial charge on any atom is -0.371 e. The molecule has 3 atom stereocenters. The van der Waals surface area contributed by atoms with Gasteiger partial charge in [0, 0.05) is 12.1 Å². The largest absolute Gasteiger partial charge is 0.371 e. The highest BCUT2D eigenvalue weighted by molar-refractivity contribution is 6.09. The third-order valence-electron chi connectivity index (χ3n) is 8.56. The Bertz CT molecular complexity index is 1470. The second kappa shape index (κ2) is 12.1. The number of nitrogens with one attached hydrogen (secondary N) is 1. The van der Waals surface area contributed by atoms with Crippen LogP contribution >= 0.6 is 0 Å². The van der Waals surface area contributed by atoms with Gasteiger partial charge in [0.1, 0.15) is 0 Å². The van der Waals surface area contributed by atoms with Crippen molar-refractivity contribution in [2.24, 2.45) is 0 Å². The molecule has 0 radical (unpaired) electrons. The number of carbonyl (C=O) groups excluding carboxylic acids is 2. The van der Waals surface area contributed by atoms with Gasteiger partial charge in [0.05, 0.1) is 30.7 Å². The Labute approximate surface area is 242 Å². The number of nitrogens with zero attached hydrogens (tertiary/aromatic N) is 1. The van der Waals surface area contributed by atoms with Gasteiger partial charge in [-0.2, -0.15) is 0 Å². The number of ether oxygens (including phenoxy) is 1. The topological polar surface area (TPSA) is 58.6 Å². The van der Waals surface area contributed by atoms with Crippen molar-refractivity contribution in [3.63, 3.8) is 0 Å². The highest BCUT2D eigenvalue weighted by Gasteiger charge is 2.59. The molecule has 4 aromatic rings. The van der Waals surface area contributed by atoms with Gasteiger partial charge in [0.2, 0.25) is 11.8 Å². The maximum atomic E-state index is 14.7. The number of rotatable bonds is 9. The number of hydrogen-bond acceptors (Lipinski definition) is 3. The molecular formula is C36H36N2O3. The van der Waals surface area contributed by atoms with Crippen LogP contribution in [0, 0.1) is 0 Å². The van der Waals surface area contributed by atoms with E-state index in [4.69, 9.17) is 4.74 Å². The first kappa shape index (κ1) is 27.0. The Morgan fingerprint density at radius 3 is 2.12 bits per heavy atom. The summed E-state index contributed by atoms with van der Waals surface area (Å²) in [5, 5.41) is 3.35. The third kappa shape index (κ3) is 5.55. The first-order chi connectivity index (χ1) is 20.1. The molecule has 1 aliphatic carbocycles. The molecule has 2 aliphatic rings. The second-order valence-corrected chi connectivity index (χ2v) is 11.1. The van der Waals surface area contributed by atoms with E-state index < -0.39 is 11.5 Å². The van der Waals surface area contributed by atoms with Crippen LogP contribution in [0.4, 0.5) is 5.69 Å². The average molecular weight is 545 g/mol. The van der Waals surface area contributed by atoms with Crippen LogP contribution in [-0.4, -0.2) is 24.0 Å². The molecule has 208 valence electrons. The van der Waals surface area contributed by atoms with Crippen LogP contribution in [0.25, 0.3) is 0 Å². The smallest absolute Gasteiger partial charge is 0.240 e. The summed E-state index contributed by atoms with van der Waals surface area (Å²) >= 11 is 0. The minimum absolute atomic E-state index is 0.0453. The summed E-state index contributed by atoms with van der Waals surface area (Å²) in [5.74, 6) is -0.0100. The number of amides is 2. The molecule has 1 saturated carbocycles. The summed E-state index contributed by atoms with van der Waals surface area (Å²) in [7, 11) is 0. The van der Waals surface area contributed by atoms with Crippen LogP contribution in [0.5, 0.6) is 0 Å². The molecule has 0 bridgehead atoms. The second-order valence-electron chi connectivity index (χ2n) is 11.1. The number of anilines is 1. The van der Waals surface area contributed by atoms with Gasteiger partial charge in [-0.3, -0.25) is 9.59 Å². The molecule has 1 aliphatic heterocycles. The Hall–Kier alpha value is -4.22. The summed E-state index contributed by atoms with van der Waals surface area (Å²) in [6.07, 6.45) is 3.00. The summed E-state index contributed by atoms with van der Waals surface area (Å²) in [4.78, 5) is 30.1. The number of carbonyl (C=O) groups is 2. The lowest BCUT2D eigenvalue weighted by molar-refractivity contribution is -0.133. The number of hydrogen-bond donors (Lipinski definition) is 1. The van der Waals surface area contributed by atoms with Crippen molar-refractivity contribution in [2.75, 3.05) is 4.90 Å². The molecule has 1 heterocycles. The van der Waals surface area contributed by atoms with E-state index in [0.717, 1.165) is 40.8 Å². The van der Waals surface area contributed by atoms with Gasteiger partial charge in [0.15, 0.2) is 0 Å². The Kier molecular flexibility index (Phi) is 7.97. The van der Waals surface area contributed by atoms with Crippen LogP contribution < -0.4 is 10.2 Å². The molecule has 2 amide bonds. The summed E-state index contributed by atoms with van der Waals surface area (Å²) in [6.45, 7) is 0.921. The first-order valence-corrected chi connectivity index (χ1v) is 14.6. The lowest BCUT2D eigenvalue weighted by atomic mass is 9.65. The van der Waals surface area contributed by atoms with Crippen LogP contribution in [-0.2, 0) is 39.3 Å². The Balaban J connectivity index is 1.33. The zero-order valence-corrected chi connectivity index (χ0v) is 23.2. The van der Waals surface area contributed by atoms with Gasteiger partial charge in [-0.1, -0.05) is 109 Å². The lowest BCUT2D eigenvalue weighted by Crippen LogP contribution is -2.63. The van der Waals surface area contributed by atoms with Crippen LogP contribution in [0.3, 0.4) is 0 Å². The van der Waals surface area contributed by atoms with E-state index in [9.17, 15) is 9.59 Å². The van der Waals surface area contributed by atoms with E-state index in [0.29, 0.717) is 32.4 Å². The van der Waals surface area contributed by atoms with Crippen LogP contribution in [0.15, 0.2) is 115 Å². The molecule has 1 spiro atoms. The zero-order valence-electron chi connectivity index (χ0n) is 23.2. The fourth-order valence-corrected chi connectivity index (χ4v) is 6.56. The standard InChI is InChI=1S/C36H36N2O3/c39-33(23-22-27-13-4-1-5-14-27)37-34-32(41-26-29-17-8-3-9-18-29)21-12-24-36(34)30-19-10-11-20-31(30)38(35(36)40)25-28-15-6-2-7-16-28/h1-11,13-20,32,34H,12,21-26H2,(H,37,39)/t32-,34+,36-/m1/s1. The number of benzene rings is 4. The van der Waals surface area contributed by atoms with Crippen molar-refractivity contribution >= 4 is 17.5 Å². The summed E-state index contributed by atoms with van der Waals surface area (Å²) in [5.41, 5.74) is 4.30. The Morgan fingerprint density at radius 2 is 1.41 bits per heavy atom. The number of aryl methyl sites for hydroxylation is 1. The summed E-state index contributed by atoms with van der Waals surface area (Å²) < 4.78 is 6.56. The highest BCUT2D eigenvalue weighted by Crippen LogP contribution is 2.51. The van der Waals surface area contributed by atoms with Crippen molar-refractivity contribution in [1.82, 2.24) is 5.32 Å². The fourth-order valence-electron chi connectivity index (χ4n) is 6.56. The van der Waals surface area contributed by atoms with E-state index in [1.165, 1.54) is 0 Å². The molecule has 0 saturated heterocycles. The average Bonchev–Trinajstić information content (AvgIpc) is 3.25. The molecule has 1 N–H and O–H groups in total. The zero-order chi connectivity index (χ0) is 28.1. The summed E-state index contributed by atoms with van der Waals surface area (Å²) in [6, 6.07) is 37.8. The van der Waals surface area contributed by atoms with E-state index in [2.05, 4.69) is 23.5 Å². The minimum atomic E-state index is -0.882. The molecule has 41 heavy (non-hydrogen) atoms. The van der Waals surface area contributed by atoms with Gasteiger partial charge in [0.25, 0.3) is 0 Å². The van der Waals surface area contributed by atoms with Crippen molar-refractivity contribution < 1.29 is 14.3 Å². The van der Waals surface area contributed by atoms with E-state index in [-0.39, 0.29) is 17.9 Å². The van der Waals surface area contributed by atoms with Gasteiger partial charge in [-0.25, -0.2) is 0 Å². The van der Waals surface area contributed by atoms with Crippen molar-refractivity contribution in [2.45, 2.75) is 62.8 Å². The predicted molar refractivity (Wildman–Crippen MR) is 161 cm³/mol. The molecule has 5 nitrogen and oxygen atoms in total. The molecule has 0 unspecified atom stereocenters. The third-order valence-corrected chi connectivity index (χ3v) is 8.56. The molecule has 4 aromatic carbocycles. The molecule has 1 fully saturated rings. The van der Waals surface area contributed by atoms with Gasteiger partial charge in [-0.15, -0.1) is 0 Å². The van der Waals surface area contributed by atoms with E-state index in [1.54, 1.807) is 0 Å². The maximum Gasteiger partial charge on any atom is 0.240 e. The first-order valence-electron chi connectivity index (χ1n) is 14.6. The monoisotopic (exact) mass is 544 g/mol. The SMILES string of the molecule is O=C(CCc1ccccc1)N[C@H]1[C@H](OCc2ccccc2)CCC[C@]12C(=O)N(Cc1ccccc1)c1ccccc12. The van der Waals surface area contributed by atoms with Gasteiger partial charge >= 0.3 is 0 Å². The molecular weight excluding hydrogens is 508 g/mol. The molecule has 5 heteroatoms. The van der Waals surface area contributed by atoms with Gasteiger partial charge in [-0.05, 0) is 54.0 Å². The van der Waals surface area contributed by atoms with Crippen molar-refractivity contribution in [3.8, 4) is 0 Å². The molecule has 6 rings (SSSR count). The van der Waals surface area contributed by atoms with Crippen LogP contribution in [0.2, 0.25) is 0 Å². The number of fused-ring (bicyclic) bond motifs is 2. The van der Waals surface area contributed by atoms with Crippen molar-refractivity contribution in [1.29, 1.82) is 0 Å². The highest BCUT2D eigenvalue weighted by atomic mass is 16.5. The van der Waals surface area contributed by atoms with Gasteiger partial charge < -0.3 is 15.0 Å². The number of para-hydroxylation sites is 1. The normalized spacial score (nSPS) is 21.6.